The second kappa shape index (κ2) is 12.1. The number of methoxy groups -OCH3 is 1. The summed E-state index contributed by atoms with van der Waals surface area (Å²) in [5.74, 6) is 0.985. The van der Waals surface area contributed by atoms with Crippen molar-refractivity contribution in [2.24, 2.45) is 4.99 Å². The van der Waals surface area contributed by atoms with E-state index >= 15 is 0 Å². The van der Waals surface area contributed by atoms with Gasteiger partial charge in [0.15, 0.2) is 0 Å². The molecule has 0 aliphatic carbocycles. The third-order valence-corrected chi connectivity index (χ3v) is 3.86. The number of nitrogens with zero attached hydrogens (tertiary/aromatic N) is 1. The Morgan fingerprint density at radius 2 is 1.64 bits per heavy atom. The first kappa shape index (κ1) is 18.5. The van der Waals surface area contributed by atoms with Crippen molar-refractivity contribution in [2.75, 3.05) is 13.7 Å². The summed E-state index contributed by atoms with van der Waals surface area (Å²) < 4.78 is 5.14. The number of unbranched alkanes of at least 4 members (excludes halogenated alkanes) is 8. The smallest absolute Gasteiger partial charge is 0.124 e. The van der Waals surface area contributed by atoms with Crippen molar-refractivity contribution in [1.82, 2.24) is 0 Å². The zero-order chi connectivity index (χ0) is 16.0. The molecular weight excluding hydrogens is 274 g/mol. The largest absolute Gasteiger partial charge is 0.507 e. The predicted molar refractivity (Wildman–Crippen MR) is 94.3 cm³/mol. The van der Waals surface area contributed by atoms with Crippen LogP contribution in [0.2, 0.25) is 0 Å². The molecule has 1 aromatic carbocycles. The van der Waals surface area contributed by atoms with Crippen LogP contribution in [0.25, 0.3) is 0 Å². The standard InChI is InChI=1S/C19H31NO2/c1-3-4-5-6-7-8-9-10-11-14-20-16-17-15-18(22-2)12-13-19(17)21/h12-13,15-16,21H,3-11,14H2,1-2H3. The molecule has 0 radical (unpaired) electrons. The van der Waals surface area contributed by atoms with Gasteiger partial charge in [0.25, 0.3) is 0 Å². The Morgan fingerprint density at radius 3 is 2.27 bits per heavy atom. The minimum Gasteiger partial charge on any atom is -0.507 e. The first-order chi connectivity index (χ1) is 10.8. The van der Waals surface area contributed by atoms with Crippen molar-refractivity contribution < 1.29 is 9.84 Å². The zero-order valence-electron chi connectivity index (χ0n) is 14.2. The number of ether oxygens (including phenoxy) is 1. The highest BCUT2D eigenvalue weighted by Crippen LogP contribution is 2.21. The van der Waals surface area contributed by atoms with Gasteiger partial charge in [-0.15, -0.1) is 0 Å². The molecule has 0 amide bonds. The van der Waals surface area contributed by atoms with Crippen LogP contribution in [0.15, 0.2) is 23.2 Å². The Hall–Kier alpha value is -1.51. The topological polar surface area (TPSA) is 41.8 Å². The van der Waals surface area contributed by atoms with E-state index in [1.54, 1.807) is 31.5 Å². The number of hydrogen-bond donors (Lipinski definition) is 1. The van der Waals surface area contributed by atoms with E-state index in [0.717, 1.165) is 24.3 Å². The molecule has 1 aromatic rings. The van der Waals surface area contributed by atoms with Gasteiger partial charge in [-0.05, 0) is 24.6 Å². The maximum absolute atomic E-state index is 9.75. The maximum atomic E-state index is 9.75. The normalized spacial score (nSPS) is 11.2. The number of rotatable bonds is 12. The Bertz CT molecular complexity index is 429. The number of hydrogen-bond acceptors (Lipinski definition) is 3. The molecule has 0 aliphatic rings. The number of benzene rings is 1. The summed E-state index contributed by atoms with van der Waals surface area (Å²) in [4.78, 5) is 4.40. The second-order valence-electron chi connectivity index (χ2n) is 5.79. The zero-order valence-corrected chi connectivity index (χ0v) is 14.2. The molecule has 0 saturated heterocycles. The molecule has 0 aromatic heterocycles. The van der Waals surface area contributed by atoms with Gasteiger partial charge in [0.05, 0.1) is 7.11 Å². The molecule has 0 spiro atoms. The molecule has 0 heterocycles. The lowest BCUT2D eigenvalue weighted by molar-refractivity contribution is 0.412. The van der Waals surface area contributed by atoms with Crippen LogP contribution in [0.5, 0.6) is 11.5 Å². The van der Waals surface area contributed by atoms with Crippen molar-refractivity contribution in [3.05, 3.63) is 23.8 Å². The highest BCUT2D eigenvalue weighted by Gasteiger charge is 2.00. The fourth-order valence-corrected chi connectivity index (χ4v) is 2.44. The van der Waals surface area contributed by atoms with Crippen LogP contribution in [0.3, 0.4) is 0 Å². The fraction of sp³-hybridized carbons (Fsp3) is 0.632. The summed E-state index contributed by atoms with van der Waals surface area (Å²) in [6.45, 7) is 3.08. The van der Waals surface area contributed by atoms with Crippen molar-refractivity contribution in [1.29, 1.82) is 0 Å². The Morgan fingerprint density at radius 1 is 1.00 bits per heavy atom. The maximum Gasteiger partial charge on any atom is 0.124 e. The van der Waals surface area contributed by atoms with Crippen LogP contribution >= 0.6 is 0 Å². The number of aliphatic imine (C=N–C) groups is 1. The van der Waals surface area contributed by atoms with E-state index in [1.807, 2.05) is 0 Å². The Labute approximate surface area is 135 Å². The average Bonchev–Trinajstić information content (AvgIpc) is 2.54. The Kier molecular flexibility index (Phi) is 10.2. The van der Waals surface area contributed by atoms with Gasteiger partial charge in [-0.25, -0.2) is 0 Å². The van der Waals surface area contributed by atoms with Crippen LogP contribution < -0.4 is 4.74 Å². The summed E-state index contributed by atoms with van der Waals surface area (Å²) in [6.07, 6.45) is 13.6. The van der Waals surface area contributed by atoms with Gasteiger partial charge in [-0.2, -0.15) is 0 Å². The van der Waals surface area contributed by atoms with E-state index in [9.17, 15) is 5.11 Å². The number of aromatic hydroxyl groups is 1. The van der Waals surface area contributed by atoms with E-state index in [4.69, 9.17) is 4.74 Å². The van der Waals surface area contributed by atoms with E-state index in [2.05, 4.69) is 11.9 Å². The molecule has 22 heavy (non-hydrogen) atoms. The number of phenolic OH excluding ortho intramolecular Hbond substituents is 1. The molecular formula is C19H31NO2. The number of phenols is 1. The highest BCUT2D eigenvalue weighted by molar-refractivity contribution is 5.84. The van der Waals surface area contributed by atoms with E-state index in [1.165, 1.54) is 51.4 Å². The SMILES string of the molecule is CCCCCCCCCCCN=Cc1cc(OC)ccc1O. The van der Waals surface area contributed by atoms with Gasteiger partial charge in [0.2, 0.25) is 0 Å². The molecule has 3 heteroatoms. The molecule has 0 saturated carbocycles. The lowest BCUT2D eigenvalue weighted by Gasteiger charge is -2.03. The fourth-order valence-electron chi connectivity index (χ4n) is 2.44. The third kappa shape index (κ3) is 8.06. The molecule has 0 atom stereocenters. The average molecular weight is 305 g/mol. The van der Waals surface area contributed by atoms with E-state index in [-0.39, 0.29) is 5.75 Å². The molecule has 0 aliphatic heterocycles. The predicted octanol–water partition coefficient (Wildman–Crippen LogP) is 5.35. The summed E-state index contributed by atoms with van der Waals surface area (Å²) in [7, 11) is 1.62. The van der Waals surface area contributed by atoms with Crippen molar-refractivity contribution in [3.8, 4) is 11.5 Å². The molecule has 124 valence electrons. The van der Waals surface area contributed by atoms with E-state index in [0.29, 0.717) is 0 Å². The minimum atomic E-state index is 0.247. The first-order valence-electron chi connectivity index (χ1n) is 8.64. The van der Waals surface area contributed by atoms with Gasteiger partial charge < -0.3 is 9.84 Å². The van der Waals surface area contributed by atoms with Gasteiger partial charge in [-0.1, -0.05) is 58.3 Å². The van der Waals surface area contributed by atoms with Crippen molar-refractivity contribution in [2.45, 2.75) is 64.7 Å². The van der Waals surface area contributed by atoms with Crippen molar-refractivity contribution in [3.63, 3.8) is 0 Å². The molecule has 1 rings (SSSR count). The van der Waals surface area contributed by atoms with Crippen LogP contribution in [-0.2, 0) is 0 Å². The van der Waals surface area contributed by atoms with Gasteiger partial charge in [0.1, 0.15) is 11.5 Å². The van der Waals surface area contributed by atoms with Gasteiger partial charge in [-0.3, -0.25) is 4.99 Å². The molecule has 1 N–H and O–H groups in total. The van der Waals surface area contributed by atoms with Crippen LogP contribution in [0.1, 0.15) is 70.3 Å². The summed E-state index contributed by atoms with van der Waals surface area (Å²) >= 11 is 0. The van der Waals surface area contributed by atoms with E-state index < -0.39 is 0 Å². The highest BCUT2D eigenvalue weighted by atomic mass is 16.5. The molecule has 0 fully saturated rings. The third-order valence-electron chi connectivity index (χ3n) is 3.86. The minimum absolute atomic E-state index is 0.247. The molecule has 0 bridgehead atoms. The summed E-state index contributed by atoms with van der Waals surface area (Å²) in [5.41, 5.74) is 0.718. The molecule has 3 nitrogen and oxygen atoms in total. The Balaban J connectivity index is 2.09. The summed E-state index contributed by atoms with van der Waals surface area (Å²) in [6, 6.07) is 5.18. The summed E-state index contributed by atoms with van der Waals surface area (Å²) in [5, 5.41) is 9.75. The quantitative estimate of drug-likeness (QED) is 0.418. The monoisotopic (exact) mass is 305 g/mol. The van der Waals surface area contributed by atoms with Gasteiger partial charge in [0, 0.05) is 18.3 Å². The molecule has 0 unspecified atom stereocenters. The van der Waals surface area contributed by atoms with Crippen LogP contribution in [-0.4, -0.2) is 25.0 Å². The van der Waals surface area contributed by atoms with Gasteiger partial charge >= 0.3 is 0 Å². The lowest BCUT2D eigenvalue weighted by Crippen LogP contribution is -1.89. The van der Waals surface area contributed by atoms with Crippen molar-refractivity contribution >= 4 is 6.21 Å². The second-order valence-corrected chi connectivity index (χ2v) is 5.79. The van der Waals surface area contributed by atoms with Crippen LogP contribution in [0, 0.1) is 0 Å². The first-order valence-corrected chi connectivity index (χ1v) is 8.64. The lowest BCUT2D eigenvalue weighted by atomic mass is 10.1. The van der Waals surface area contributed by atoms with Crippen LogP contribution in [0.4, 0.5) is 0 Å².